The van der Waals surface area contributed by atoms with Gasteiger partial charge < -0.3 is 15.1 Å². The van der Waals surface area contributed by atoms with Crippen molar-refractivity contribution in [2.24, 2.45) is 0 Å². The van der Waals surface area contributed by atoms with Crippen LogP contribution >= 0.6 is 39.7 Å². The van der Waals surface area contributed by atoms with Gasteiger partial charge in [0.2, 0.25) is 0 Å². The van der Waals surface area contributed by atoms with Crippen LogP contribution in [-0.4, -0.2) is 36.2 Å². The number of anilines is 2. The lowest BCUT2D eigenvalue weighted by molar-refractivity contribution is 0.391. The zero-order valence-electron chi connectivity index (χ0n) is 12.5. The second-order valence-electron chi connectivity index (χ2n) is 5.39. The maximum Gasteiger partial charge on any atom is 0.173 e. The van der Waals surface area contributed by atoms with Gasteiger partial charge in [0, 0.05) is 47.0 Å². The molecule has 0 saturated carbocycles. The monoisotopic (exact) mass is 409 g/mol. The minimum atomic E-state index is 0.775. The highest BCUT2D eigenvalue weighted by atomic mass is 79.9. The molecule has 120 valence electrons. The number of nitrogens with zero attached hydrogens (tertiary/aromatic N) is 2. The van der Waals surface area contributed by atoms with E-state index in [-0.39, 0.29) is 0 Å². The van der Waals surface area contributed by atoms with Crippen LogP contribution in [0.25, 0.3) is 0 Å². The Morgan fingerprint density at radius 3 is 2.39 bits per heavy atom. The lowest BCUT2D eigenvalue weighted by atomic mass is 10.2. The molecule has 0 radical (unpaired) electrons. The van der Waals surface area contributed by atoms with E-state index in [1.807, 2.05) is 42.5 Å². The SMILES string of the molecule is S=C(Nc1ccc(Br)cc1)N1CCN(c2cccc(Cl)c2)CC1. The van der Waals surface area contributed by atoms with Gasteiger partial charge in [-0.3, -0.25) is 0 Å². The number of rotatable bonds is 2. The van der Waals surface area contributed by atoms with Gasteiger partial charge in [0.25, 0.3) is 0 Å². The number of hydrogen-bond donors (Lipinski definition) is 1. The highest BCUT2D eigenvalue weighted by Crippen LogP contribution is 2.21. The molecule has 1 N–H and O–H groups in total. The summed E-state index contributed by atoms with van der Waals surface area (Å²) in [4.78, 5) is 4.54. The summed E-state index contributed by atoms with van der Waals surface area (Å²) < 4.78 is 1.06. The average molecular weight is 411 g/mol. The number of hydrogen-bond acceptors (Lipinski definition) is 2. The van der Waals surface area contributed by atoms with Crippen molar-refractivity contribution in [3.8, 4) is 0 Å². The molecule has 1 saturated heterocycles. The first-order valence-corrected chi connectivity index (χ1v) is 9.02. The van der Waals surface area contributed by atoms with Gasteiger partial charge in [-0.15, -0.1) is 0 Å². The van der Waals surface area contributed by atoms with Crippen LogP contribution in [0.4, 0.5) is 11.4 Å². The molecule has 0 amide bonds. The Kier molecular flexibility index (Phi) is 5.41. The average Bonchev–Trinajstić information content (AvgIpc) is 2.57. The fourth-order valence-corrected chi connectivity index (χ4v) is 3.33. The standard InChI is InChI=1S/C17H17BrClN3S/c18-13-4-6-15(7-5-13)20-17(23)22-10-8-21(9-11-22)16-3-1-2-14(19)12-16/h1-7,12H,8-11H2,(H,20,23). The van der Waals surface area contributed by atoms with Gasteiger partial charge >= 0.3 is 0 Å². The molecule has 2 aromatic carbocycles. The normalized spacial score (nSPS) is 14.7. The molecule has 0 spiro atoms. The molecule has 23 heavy (non-hydrogen) atoms. The summed E-state index contributed by atoms with van der Waals surface area (Å²) in [7, 11) is 0. The fraction of sp³-hybridized carbons (Fsp3) is 0.235. The summed E-state index contributed by atoms with van der Waals surface area (Å²) >= 11 is 15.0. The third kappa shape index (κ3) is 4.37. The van der Waals surface area contributed by atoms with Crippen molar-refractivity contribution in [3.05, 3.63) is 58.0 Å². The Balaban J connectivity index is 1.56. The molecule has 0 aromatic heterocycles. The lowest BCUT2D eigenvalue weighted by Crippen LogP contribution is -2.50. The number of halogens is 2. The molecule has 3 nitrogen and oxygen atoms in total. The van der Waals surface area contributed by atoms with E-state index in [0.717, 1.165) is 46.5 Å². The molecule has 0 aliphatic carbocycles. The molecule has 1 fully saturated rings. The van der Waals surface area contributed by atoms with E-state index in [0.29, 0.717) is 0 Å². The van der Waals surface area contributed by atoms with Crippen molar-refractivity contribution in [1.82, 2.24) is 4.90 Å². The first-order chi connectivity index (χ1) is 11.1. The van der Waals surface area contributed by atoms with E-state index in [2.05, 4.69) is 37.1 Å². The summed E-state index contributed by atoms with van der Waals surface area (Å²) in [5.74, 6) is 0. The van der Waals surface area contributed by atoms with Crippen LogP contribution in [0.3, 0.4) is 0 Å². The first-order valence-electron chi connectivity index (χ1n) is 7.44. The third-order valence-electron chi connectivity index (χ3n) is 3.84. The molecule has 1 aliphatic heterocycles. The molecule has 2 aromatic rings. The largest absolute Gasteiger partial charge is 0.368 e. The van der Waals surface area contributed by atoms with Crippen LogP contribution in [-0.2, 0) is 0 Å². The first kappa shape index (κ1) is 16.6. The Hall–Kier alpha value is -1.30. The summed E-state index contributed by atoms with van der Waals surface area (Å²) in [6.07, 6.45) is 0. The Morgan fingerprint density at radius 2 is 1.74 bits per heavy atom. The maximum atomic E-state index is 6.07. The fourth-order valence-electron chi connectivity index (χ4n) is 2.58. The number of thiocarbonyl (C=S) groups is 1. The molecule has 3 rings (SSSR count). The highest BCUT2D eigenvalue weighted by molar-refractivity contribution is 9.10. The van der Waals surface area contributed by atoms with Gasteiger partial charge in [-0.25, -0.2) is 0 Å². The van der Waals surface area contributed by atoms with Crippen molar-refractivity contribution in [2.75, 3.05) is 36.4 Å². The van der Waals surface area contributed by atoms with Crippen molar-refractivity contribution in [3.63, 3.8) is 0 Å². The second-order valence-corrected chi connectivity index (χ2v) is 7.13. The van der Waals surface area contributed by atoms with Crippen molar-refractivity contribution >= 4 is 56.2 Å². The smallest absolute Gasteiger partial charge is 0.173 e. The Bertz CT molecular complexity index is 684. The van der Waals surface area contributed by atoms with Crippen molar-refractivity contribution in [2.45, 2.75) is 0 Å². The second kappa shape index (κ2) is 7.51. The molecular weight excluding hydrogens is 394 g/mol. The van der Waals surface area contributed by atoms with Crippen molar-refractivity contribution in [1.29, 1.82) is 0 Å². The number of nitrogens with one attached hydrogen (secondary N) is 1. The van der Waals surface area contributed by atoms with Crippen LogP contribution in [0, 0.1) is 0 Å². The quantitative estimate of drug-likeness (QED) is 0.728. The van der Waals surface area contributed by atoms with Crippen LogP contribution in [0.2, 0.25) is 5.02 Å². The predicted octanol–water partition coefficient (Wildman–Crippen LogP) is 4.62. The highest BCUT2D eigenvalue weighted by Gasteiger charge is 2.19. The van der Waals surface area contributed by atoms with Gasteiger partial charge in [-0.1, -0.05) is 33.6 Å². The van der Waals surface area contributed by atoms with E-state index in [4.69, 9.17) is 23.8 Å². The number of benzene rings is 2. The van der Waals surface area contributed by atoms with E-state index in [9.17, 15) is 0 Å². The minimum absolute atomic E-state index is 0.775. The van der Waals surface area contributed by atoms with Gasteiger partial charge in [0.1, 0.15) is 0 Å². The summed E-state index contributed by atoms with van der Waals surface area (Å²) in [6.45, 7) is 3.66. The lowest BCUT2D eigenvalue weighted by Gasteiger charge is -2.37. The van der Waals surface area contributed by atoms with E-state index in [1.54, 1.807) is 0 Å². The van der Waals surface area contributed by atoms with Gasteiger partial charge in [0.05, 0.1) is 0 Å². The van der Waals surface area contributed by atoms with E-state index < -0.39 is 0 Å². The van der Waals surface area contributed by atoms with Crippen LogP contribution < -0.4 is 10.2 Å². The Labute approximate surface area is 155 Å². The molecular formula is C17H17BrClN3S. The topological polar surface area (TPSA) is 18.5 Å². The minimum Gasteiger partial charge on any atom is -0.368 e. The van der Waals surface area contributed by atoms with E-state index in [1.165, 1.54) is 5.69 Å². The molecule has 1 aliphatic rings. The Morgan fingerprint density at radius 1 is 1.04 bits per heavy atom. The van der Waals surface area contributed by atoms with Gasteiger partial charge in [0.15, 0.2) is 5.11 Å². The molecule has 6 heteroatoms. The summed E-state index contributed by atoms with van der Waals surface area (Å²) in [6, 6.07) is 16.0. The molecule has 0 unspecified atom stereocenters. The molecule has 1 heterocycles. The molecule has 0 atom stereocenters. The van der Waals surface area contributed by atoms with Gasteiger partial charge in [-0.05, 0) is 54.7 Å². The molecule has 0 bridgehead atoms. The summed E-state index contributed by atoms with van der Waals surface area (Å²) in [5, 5.41) is 4.85. The third-order valence-corrected chi connectivity index (χ3v) is 4.96. The zero-order chi connectivity index (χ0) is 16.2. The van der Waals surface area contributed by atoms with E-state index >= 15 is 0 Å². The maximum absolute atomic E-state index is 6.07. The van der Waals surface area contributed by atoms with Gasteiger partial charge in [-0.2, -0.15) is 0 Å². The van der Waals surface area contributed by atoms with Crippen LogP contribution in [0.15, 0.2) is 53.0 Å². The predicted molar refractivity (Wildman–Crippen MR) is 106 cm³/mol. The van der Waals surface area contributed by atoms with Crippen molar-refractivity contribution < 1.29 is 0 Å². The summed E-state index contributed by atoms with van der Waals surface area (Å²) in [5.41, 5.74) is 2.18. The number of piperazine rings is 1. The zero-order valence-corrected chi connectivity index (χ0v) is 15.7. The van der Waals surface area contributed by atoms with Crippen LogP contribution in [0.1, 0.15) is 0 Å². The van der Waals surface area contributed by atoms with Crippen LogP contribution in [0.5, 0.6) is 0 Å².